The first kappa shape index (κ1) is 19.4. The molecule has 4 N–H and O–H groups in total. The number of phenols is 1. The number of hydrogen-bond acceptors (Lipinski definition) is 5. The van der Waals surface area contributed by atoms with Crippen LogP contribution in [-0.4, -0.2) is 29.8 Å². The van der Waals surface area contributed by atoms with Crippen LogP contribution in [0.15, 0.2) is 36.4 Å². The third-order valence-corrected chi connectivity index (χ3v) is 3.79. The van der Waals surface area contributed by atoms with Gasteiger partial charge in [0.25, 0.3) is 0 Å². The van der Waals surface area contributed by atoms with Gasteiger partial charge in [-0.2, -0.15) is 0 Å². The highest BCUT2D eigenvalue weighted by molar-refractivity contribution is 5.90. The van der Waals surface area contributed by atoms with E-state index in [-0.39, 0.29) is 12.4 Å². The van der Waals surface area contributed by atoms with Gasteiger partial charge < -0.3 is 19.9 Å². The molecule has 0 aliphatic carbocycles. The van der Waals surface area contributed by atoms with Crippen LogP contribution in [0.1, 0.15) is 25.0 Å². The van der Waals surface area contributed by atoms with Crippen LogP contribution in [0, 0.1) is 0 Å². The van der Waals surface area contributed by atoms with Crippen LogP contribution >= 0.6 is 0 Å². The summed E-state index contributed by atoms with van der Waals surface area (Å²) in [5.74, 6) is 6.98. The SMILES string of the molecule is CCOc1cccc(NC(=O)N(C)N)c1COc1ccc(O)cc1CC. The molecule has 7 nitrogen and oxygen atoms in total. The Labute approximate surface area is 153 Å². The Bertz CT molecular complexity index is 762. The van der Waals surface area contributed by atoms with Crippen LogP contribution in [0.3, 0.4) is 0 Å². The lowest BCUT2D eigenvalue weighted by Gasteiger charge is -2.19. The van der Waals surface area contributed by atoms with Gasteiger partial charge in [-0.1, -0.05) is 13.0 Å². The zero-order chi connectivity index (χ0) is 19.1. The standard InChI is InChI=1S/C19H25N3O4/c1-4-13-11-14(23)9-10-17(13)26-12-15-16(21-19(24)22(3)20)7-6-8-18(15)25-5-2/h6-11,23H,4-5,12,20H2,1-3H3,(H,21,24). The predicted octanol–water partition coefficient (Wildman–Crippen LogP) is 3.27. The fraction of sp³-hybridized carbons (Fsp3) is 0.316. The number of carbonyl (C=O) groups is 1. The number of carbonyl (C=O) groups excluding carboxylic acids is 1. The summed E-state index contributed by atoms with van der Waals surface area (Å²) in [6.07, 6.45) is 0.721. The van der Waals surface area contributed by atoms with Crippen LogP contribution in [0.5, 0.6) is 17.2 Å². The Morgan fingerprint density at radius 3 is 2.62 bits per heavy atom. The van der Waals surface area contributed by atoms with Gasteiger partial charge in [0.2, 0.25) is 0 Å². The zero-order valence-corrected chi connectivity index (χ0v) is 15.3. The van der Waals surface area contributed by atoms with Gasteiger partial charge >= 0.3 is 6.03 Å². The Morgan fingerprint density at radius 2 is 1.96 bits per heavy atom. The lowest BCUT2D eigenvalue weighted by atomic mass is 10.1. The third kappa shape index (κ3) is 4.80. The highest BCUT2D eigenvalue weighted by Crippen LogP contribution is 2.30. The van der Waals surface area contributed by atoms with E-state index in [0.29, 0.717) is 29.4 Å². The van der Waals surface area contributed by atoms with Crippen molar-refractivity contribution in [3.63, 3.8) is 0 Å². The summed E-state index contributed by atoms with van der Waals surface area (Å²) >= 11 is 0. The predicted molar refractivity (Wildman–Crippen MR) is 100 cm³/mol. The first-order valence-electron chi connectivity index (χ1n) is 8.45. The minimum absolute atomic E-state index is 0.192. The fourth-order valence-corrected chi connectivity index (χ4v) is 2.46. The molecule has 2 aromatic carbocycles. The molecule has 0 atom stereocenters. The molecule has 0 spiro atoms. The van der Waals surface area contributed by atoms with Gasteiger partial charge in [-0.25, -0.2) is 10.6 Å². The van der Waals surface area contributed by atoms with Crippen molar-refractivity contribution in [1.82, 2.24) is 5.01 Å². The molecule has 0 fully saturated rings. The number of phenolic OH excluding ortho intramolecular Hbond substituents is 1. The molecule has 0 radical (unpaired) electrons. The number of anilines is 1. The Balaban J connectivity index is 2.29. The Morgan fingerprint density at radius 1 is 1.19 bits per heavy atom. The summed E-state index contributed by atoms with van der Waals surface area (Å²) in [7, 11) is 1.46. The van der Waals surface area contributed by atoms with E-state index in [9.17, 15) is 9.90 Å². The summed E-state index contributed by atoms with van der Waals surface area (Å²) < 4.78 is 11.6. The quantitative estimate of drug-likeness (QED) is 0.400. The lowest BCUT2D eigenvalue weighted by Crippen LogP contribution is -2.37. The minimum atomic E-state index is -0.446. The number of amides is 2. The number of nitrogens with one attached hydrogen (secondary N) is 1. The first-order chi connectivity index (χ1) is 12.5. The molecular weight excluding hydrogens is 334 g/mol. The highest BCUT2D eigenvalue weighted by atomic mass is 16.5. The Kier molecular flexibility index (Phi) is 6.68. The summed E-state index contributed by atoms with van der Waals surface area (Å²) in [4.78, 5) is 11.9. The number of aromatic hydroxyl groups is 1. The van der Waals surface area contributed by atoms with Gasteiger partial charge in [-0.15, -0.1) is 0 Å². The molecule has 2 amide bonds. The van der Waals surface area contributed by atoms with E-state index >= 15 is 0 Å². The largest absolute Gasteiger partial charge is 0.508 e. The number of nitrogens with two attached hydrogens (primary N) is 1. The van der Waals surface area contributed by atoms with Crippen molar-refractivity contribution >= 4 is 11.7 Å². The number of urea groups is 1. The lowest BCUT2D eigenvalue weighted by molar-refractivity contribution is 0.223. The topological polar surface area (TPSA) is 97.1 Å². The highest BCUT2D eigenvalue weighted by Gasteiger charge is 2.15. The van der Waals surface area contributed by atoms with Gasteiger partial charge in [0, 0.05) is 7.05 Å². The number of nitrogens with zero attached hydrogens (tertiary/aromatic N) is 1. The van der Waals surface area contributed by atoms with Gasteiger partial charge in [0.05, 0.1) is 17.9 Å². The van der Waals surface area contributed by atoms with Crippen LogP contribution < -0.4 is 20.6 Å². The average Bonchev–Trinajstić information content (AvgIpc) is 2.62. The molecule has 0 saturated heterocycles. The second-order valence-electron chi connectivity index (χ2n) is 5.69. The van der Waals surface area contributed by atoms with Gasteiger partial charge in [-0.05, 0) is 49.2 Å². The molecule has 0 bridgehead atoms. The van der Waals surface area contributed by atoms with Crippen LogP contribution in [0.4, 0.5) is 10.5 Å². The smallest absolute Gasteiger partial charge is 0.335 e. The van der Waals surface area contributed by atoms with Crippen molar-refractivity contribution in [3.05, 3.63) is 47.5 Å². The maximum absolute atomic E-state index is 11.9. The number of ether oxygens (including phenoxy) is 2. The summed E-state index contributed by atoms with van der Waals surface area (Å²) in [5.41, 5.74) is 2.17. The summed E-state index contributed by atoms with van der Waals surface area (Å²) in [5, 5.41) is 13.3. The number of hydrazine groups is 1. The van der Waals surface area contributed by atoms with E-state index in [1.807, 2.05) is 19.9 Å². The molecule has 140 valence electrons. The molecule has 7 heteroatoms. The molecule has 0 saturated carbocycles. The molecule has 0 heterocycles. The maximum Gasteiger partial charge on any atom is 0.335 e. The van der Waals surface area contributed by atoms with Crippen molar-refractivity contribution in [1.29, 1.82) is 0 Å². The van der Waals surface area contributed by atoms with Crippen molar-refractivity contribution < 1.29 is 19.4 Å². The second-order valence-corrected chi connectivity index (χ2v) is 5.69. The molecule has 0 unspecified atom stereocenters. The van der Waals surface area contributed by atoms with E-state index in [0.717, 1.165) is 17.0 Å². The van der Waals surface area contributed by atoms with E-state index in [1.54, 1.807) is 30.3 Å². The van der Waals surface area contributed by atoms with Crippen molar-refractivity contribution in [2.75, 3.05) is 19.0 Å². The molecule has 0 aliphatic heterocycles. The first-order valence-corrected chi connectivity index (χ1v) is 8.45. The normalized spacial score (nSPS) is 10.3. The monoisotopic (exact) mass is 359 g/mol. The second kappa shape index (κ2) is 8.96. The van der Waals surface area contributed by atoms with Gasteiger partial charge in [-0.3, -0.25) is 5.01 Å². The third-order valence-electron chi connectivity index (χ3n) is 3.79. The molecule has 0 aliphatic rings. The molecule has 2 rings (SSSR count). The summed E-state index contributed by atoms with van der Waals surface area (Å²) in [6, 6.07) is 9.91. The Hall–Kier alpha value is -2.93. The molecule has 26 heavy (non-hydrogen) atoms. The molecule has 0 aromatic heterocycles. The van der Waals surface area contributed by atoms with Crippen LogP contribution in [0.2, 0.25) is 0 Å². The number of aryl methyl sites for hydroxylation is 1. The van der Waals surface area contributed by atoms with Crippen molar-refractivity contribution in [3.8, 4) is 17.2 Å². The average molecular weight is 359 g/mol. The van der Waals surface area contributed by atoms with Gasteiger partial charge in [0.15, 0.2) is 0 Å². The number of benzene rings is 2. The molecule has 2 aromatic rings. The number of hydrogen-bond donors (Lipinski definition) is 3. The van der Waals surface area contributed by atoms with Gasteiger partial charge in [0.1, 0.15) is 23.9 Å². The van der Waals surface area contributed by atoms with Crippen LogP contribution in [0.25, 0.3) is 0 Å². The van der Waals surface area contributed by atoms with E-state index in [1.165, 1.54) is 7.05 Å². The maximum atomic E-state index is 11.9. The minimum Gasteiger partial charge on any atom is -0.508 e. The van der Waals surface area contributed by atoms with E-state index in [4.69, 9.17) is 15.3 Å². The molecular formula is C19H25N3O4. The van der Waals surface area contributed by atoms with Crippen molar-refractivity contribution in [2.45, 2.75) is 26.9 Å². The summed E-state index contributed by atoms with van der Waals surface area (Å²) in [6.45, 7) is 4.55. The number of rotatable bonds is 7. The van der Waals surface area contributed by atoms with E-state index in [2.05, 4.69) is 5.32 Å². The fourth-order valence-electron chi connectivity index (χ4n) is 2.46. The van der Waals surface area contributed by atoms with Crippen molar-refractivity contribution in [2.24, 2.45) is 5.84 Å². The zero-order valence-electron chi connectivity index (χ0n) is 15.3. The van der Waals surface area contributed by atoms with E-state index < -0.39 is 6.03 Å². The van der Waals surface area contributed by atoms with Crippen LogP contribution in [-0.2, 0) is 13.0 Å².